The smallest absolute Gasteiger partial charge is 0.262 e. The topological polar surface area (TPSA) is 54.1 Å². The molecular formula is C15H16N2O2S. The van der Waals surface area contributed by atoms with Crippen molar-refractivity contribution in [3.8, 4) is 5.75 Å². The third-order valence-corrected chi connectivity index (χ3v) is 3.02. The van der Waals surface area contributed by atoms with Crippen LogP contribution in [0.3, 0.4) is 0 Å². The Balaban J connectivity index is 1.85. The lowest BCUT2D eigenvalue weighted by atomic mass is 10.2. The molecule has 1 heterocycles. The molecule has 5 heteroatoms. The monoisotopic (exact) mass is 288 g/mol. The fourth-order valence-electron chi connectivity index (χ4n) is 1.66. The summed E-state index contributed by atoms with van der Waals surface area (Å²) in [4.78, 5) is 14.6. The van der Waals surface area contributed by atoms with Gasteiger partial charge in [-0.3, -0.25) is 4.79 Å². The summed E-state index contributed by atoms with van der Waals surface area (Å²) >= 11 is 4.93. The standard InChI is InChI=1S/C15H16N2O2S/c1-2-11-3-6-13(7-4-11)19-10-14(18)17-12-5-8-15(20)16-9-12/h3-9H,2,10H2,1H3,(H,16,20)(H,17,18). The number of hydrogen-bond donors (Lipinski definition) is 2. The zero-order valence-corrected chi connectivity index (χ0v) is 12.0. The molecule has 1 aromatic heterocycles. The molecule has 0 aliphatic carbocycles. The molecule has 0 fully saturated rings. The average molecular weight is 288 g/mol. The van der Waals surface area contributed by atoms with Crippen molar-refractivity contribution in [2.24, 2.45) is 0 Å². The molecule has 0 atom stereocenters. The maximum Gasteiger partial charge on any atom is 0.262 e. The Bertz CT molecular complexity index is 615. The van der Waals surface area contributed by atoms with E-state index in [0.29, 0.717) is 16.1 Å². The lowest BCUT2D eigenvalue weighted by molar-refractivity contribution is -0.118. The Kier molecular flexibility index (Phi) is 4.90. The van der Waals surface area contributed by atoms with E-state index in [-0.39, 0.29) is 12.5 Å². The number of H-pyrrole nitrogens is 1. The van der Waals surface area contributed by atoms with Crippen molar-refractivity contribution in [2.45, 2.75) is 13.3 Å². The van der Waals surface area contributed by atoms with Crippen molar-refractivity contribution in [3.63, 3.8) is 0 Å². The van der Waals surface area contributed by atoms with Crippen molar-refractivity contribution < 1.29 is 9.53 Å². The van der Waals surface area contributed by atoms with E-state index in [1.807, 2.05) is 24.3 Å². The first-order valence-electron chi connectivity index (χ1n) is 6.37. The number of aryl methyl sites for hydroxylation is 1. The number of carbonyl (C=O) groups is 1. The summed E-state index contributed by atoms with van der Waals surface area (Å²) in [5, 5.41) is 2.72. The van der Waals surface area contributed by atoms with Crippen molar-refractivity contribution in [3.05, 3.63) is 52.8 Å². The quantitative estimate of drug-likeness (QED) is 0.830. The summed E-state index contributed by atoms with van der Waals surface area (Å²) in [6.45, 7) is 2.07. The molecule has 0 radical (unpaired) electrons. The van der Waals surface area contributed by atoms with Gasteiger partial charge in [-0.05, 0) is 36.2 Å². The first-order chi connectivity index (χ1) is 9.67. The number of pyridine rings is 1. The maximum absolute atomic E-state index is 11.7. The molecule has 2 N–H and O–H groups in total. The van der Waals surface area contributed by atoms with Crippen LogP contribution in [0.2, 0.25) is 0 Å². The van der Waals surface area contributed by atoms with E-state index in [1.165, 1.54) is 5.56 Å². The average Bonchev–Trinajstić information content (AvgIpc) is 2.48. The minimum atomic E-state index is -0.213. The Morgan fingerprint density at radius 2 is 2.00 bits per heavy atom. The third-order valence-electron chi connectivity index (χ3n) is 2.77. The molecule has 0 saturated carbocycles. The summed E-state index contributed by atoms with van der Waals surface area (Å²) in [5.41, 5.74) is 1.90. The first-order valence-corrected chi connectivity index (χ1v) is 6.78. The van der Waals surface area contributed by atoms with Gasteiger partial charge in [0.1, 0.15) is 10.4 Å². The number of carbonyl (C=O) groups excluding carboxylic acids is 1. The van der Waals surface area contributed by atoms with Gasteiger partial charge in [0.05, 0.1) is 5.69 Å². The Morgan fingerprint density at radius 3 is 2.60 bits per heavy atom. The van der Waals surface area contributed by atoms with E-state index >= 15 is 0 Å². The third kappa shape index (κ3) is 4.20. The molecule has 0 aliphatic heterocycles. The number of benzene rings is 1. The molecule has 0 unspecified atom stereocenters. The van der Waals surface area contributed by atoms with Crippen LogP contribution in [0.1, 0.15) is 12.5 Å². The van der Waals surface area contributed by atoms with Gasteiger partial charge in [-0.1, -0.05) is 31.3 Å². The number of aromatic amines is 1. The van der Waals surface area contributed by atoms with Gasteiger partial charge >= 0.3 is 0 Å². The summed E-state index contributed by atoms with van der Waals surface area (Å²) in [6, 6.07) is 11.2. The molecule has 104 valence electrons. The summed E-state index contributed by atoms with van der Waals surface area (Å²) in [5.74, 6) is 0.472. The van der Waals surface area contributed by atoms with E-state index in [1.54, 1.807) is 18.3 Å². The van der Waals surface area contributed by atoms with E-state index < -0.39 is 0 Å². The fourth-order valence-corrected chi connectivity index (χ4v) is 1.78. The fraction of sp³-hybridized carbons (Fsp3) is 0.200. The molecule has 0 spiro atoms. The second-order valence-electron chi connectivity index (χ2n) is 4.28. The first kappa shape index (κ1) is 14.3. The predicted molar refractivity (Wildman–Crippen MR) is 81.6 cm³/mol. The van der Waals surface area contributed by atoms with Gasteiger partial charge in [0.25, 0.3) is 5.91 Å². The van der Waals surface area contributed by atoms with Gasteiger partial charge in [0, 0.05) is 6.20 Å². The SMILES string of the molecule is CCc1ccc(OCC(=O)Nc2ccc(=S)[nH]c2)cc1. The zero-order chi connectivity index (χ0) is 14.4. The minimum Gasteiger partial charge on any atom is -0.484 e. The second kappa shape index (κ2) is 6.86. The number of hydrogen-bond acceptors (Lipinski definition) is 3. The van der Waals surface area contributed by atoms with Crippen LogP contribution >= 0.6 is 12.2 Å². The van der Waals surface area contributed by atoms with Crippen LogP contribution in [-0.4, -0.2) is 17.5 Å². The Morgan fingerprint density at radius 1 is 1.25 bits per heavy atom. The predicted octanol–water partition coefficient (Wildman–Crippen LogP) is 3.32. The lowest BCUT2D eigenvalue weighted by Crippen LogP contribution is -2.20. The molecule has 4 nitrogen and oxygen atoms in total. The molecule has 0 aliphatic rings. The van der Waals surface area contributed by atoms with Crippen molar-refractivity contribution in [1.82, 2.24) is 4.98 Å². The molecule has 2 aromatic rings. The highest BCUT2D eigenvalue weighted by atomic mass is 32.1. The number of anilines is 1. The van der Waals surface area contributed by atoms with Crippen molar-refractivity contribution in [2.75, 3.05) is 11.9 Å². The van der Waals surface area contributed by atoms with Crippen LogP contribution in [-0.2, 0) is 11.2 Å². The zero-order valence-electron chi connectivity index (χ0n) is 11.2. The molecule has 1 aromatic carbocycles. The van der Waals surface area contributed by atoms with E-state index in [4.69, 9.17) is 17.0 Å². The lowest BCUT2D eigenvalue weighted by Gasteiger charge is -2.07. The Hall–Kier alpha value is -2.14. The highest BCUT2D eigenvalue weighted by Gasteiger charge is 2.03. The van der Waals surface area contributed by atoms with Crippen LogP contribution in [0, 0.1) is 4.64 Å². The molecule has 20 heavy (non-hydrogen) atoms. The van der Waals surface area contributed by atoms with Gasteiger partial charge < -0.3 is 15.0 Å². The van der Waals surface area contributed by atoms with E-state index in [9.17, 15) is 4.79 Å². The Labute approximate surface area is 122 Å². The van der Waals surface area contributed by atoms with Crippen LogP contribution in [0.25, 0.3) is 0 Å². The van der Waals surface area contributed by atoms with Gasteiger partial charge in [-0.25, -0.2) is 0 Å². The van der Waals surface area contributed by atoms with Crippen LogP contribution in [0.4, 0.5) is 5.69 Å². The molecular weight excluding hydrogens is 272 g/mol. The van der Waals surface area contributed by atoms with Gasteiger partial charge in [-0.15, -0.1) is 0 Å². The number of nitrogens with one attached hydrogen (secondary N) is 2. The van der Waals surface area contributed by atoms with Crippen LogP contribution in [0.5, 0.6) is 5.75 Å². The number of rotatable bonds is 5. The molecule has 0 bridgehead atoms. The largest absolute Gasteiger partial charge is 0.484 e. The summed E-state index contributed by atoms with van der Waals surface area (Å²) in [7, 11) is 0. The van der Waals surface area contributed by atoms with Crippen LogP contribution < -0.4 is 10.1 Å². The number of aromatic nitrogens is 1. The van der Waals surface area contributed by atoms with E-state index in [2.05, 4.69) is 17.2 Å². The summed E-state index contributed by atoms with van der Waals surface area (Å²) < 4.78 is 6.04. The van der Waals surface area contributed by atoms with Crippen LogP contribution in [0.15, 0.2) is 42.6 Å². The highest BCUT2D eigenvalue weighted by molar-refractivity contribution is 7.71. The molecule has 2 rings (SSSR count). The number of amides is 1. The van der Waals surface area contributed by atoms with Gasteiger partial charge in [-0.2, -0.15) is 0 Å². The normalized spacial score (nSPS) is 10.1. The van der Waals surface area contributed by atoms with Crippen molar-refractivity contribution >= 4 is 23.8 Å². The summed E-state index contributed by atoms with van der Waals surface area (Å²) in [6.07, 6.45) is 2.63. The second-order valence-corrected chi connectivity index (χ2v) is 4.72. The molecule has 0 saturated heterocycles. The van der Waals surface area contributed by atoms with Gasteiger partial charge in [0.15, 0.2) is 6.61 Å². The van der Waals surface area contributed by atoms with Crippen molar-refractivity contribution in [1.29, 1.82) is 0 Å². The number of ether oxygens (including phenoxy) is 1. The van der Waals surface area contributed by atoms with Gasteiger partial charge in [0.2, 0.25) is 0 Å². The highest BCUT2D eigenvalue weighted by Crippen LogP contribution is 2.12. The molecule has 1 amide bonds. The van der Waals surface area contributed by atoms with E-state index in [0.717, 1.165) is 6.42 Å². The minimum absolute atomic E-state index is 0.0267. The maximum atomic E-state index is 11.7.